The standard InChI is InChI=1S/C20H34N6O2/c1-15(2)23-18-12-19(22-14-21-18)26-7-6-17(16(13-26)4-5-20(27)28)25-10-8-24(3)9-11-25/h12,14-17H,4-11,13H2,1-3H3,(H,27,28)(H,21,22,23)/t16-,17+/m1/s1. The molecule has 3 heterocycles. The first-order valence-electron chi connectivity index (χ1n) is 10.4. The summed E-state index contributed by atoms with van der Waals surface area (Å²) in [6.07, 6.45) is 3.60. The van der Waals surface area contributed by atoms with Crippen LogP contribution in [0.4, 0.5) is 11.6 Å². The van der Waals surface area contributed by atoms with Crippen molar-refractivity contribution in [2.45, 2.75) is 45.2 Å². The van der Waals surface area contributed by atoms with Crippen LogP contribution in [-0.4, -0.2) is 89.2 Å². The summed E-state index contributed by atoms with van der Waals surface area (Å²) >= 11 is 0. The molecule has 2 atom stereocenters. The first kappa shape index (κ1) is 20.8. The number of nitrogens with one attached hydrogen (secondary N) is 1. The van der Waals surface area contributed by atoms with Crippen LogP contribution in [0.2, 0.25) is 0 Å². The Balaban J connectivity index is 1.70. The molecule has 156 valence electrons. The zero-order chi connectivity index (χ0) is 20.1. The number of carboxylic acid groups (broad SMARTS) is 1. The molecule has 2 saturated heterocycles. The molecule has 1 aromatic rings. The molecule has 0 unspecified atom stereocenters. The molecule has 2 aliphatic rings. The van der Waals surface area contributed by atoms with E-state index in [0.29, 0.717) is 24.4 Å². The minimum Gasteiger partial charge on any atom is -0.481 e. The van der Waals surface area contributed by atoms with Crippen molar-refractivity contribution in [1.82, 2.24) is 19.8 Å². The van der Waals surface area contributed by atoms with Crippen LogP contribution >= 0.6 is 0 Å². The van der Waals surface area contributed by atoms with Gasteiger partial charge in [-0.25, -0.2) is 9.97 Å². The number of likely N-dealkylation sites (N-methyl/N-ethyl adjacent to an activating group) is 1. The largest absolute Gasteiger partial charge is 0.481 e. The number of carboxylic acids is 1. The van der Waals surface area contributed by atoms with Gasteiger partial charge in [-0.3, -0.25) is 9.69 Å². The van der Waals surface area contributed by atoms with Gasteiger partial charge in [0.2, 0.25) is 0 Å². The van der Waals surface area contributed by atoms with E-state index >= 15 is 0 Å². The molecule has 1 aromatic heterocycles. The van der Waals surface area contributed by atoms with E-state index < -0.39 is 5.97 Å². The molecule has 0 amide bonds. The zero-order valence-electron chi connectivity index (χ0n) is 17.3. The molecular formula is C20H34N6O2. The zero-order valence-corrected chi connectivity index (χ0v) is 17.3. The van der Waals surface area contributed by atoms with Crippen molar-refractivity contribution in [3.63, 3.8) is 0 Å². The predicted octanol–water partition coefficient (Wildman–Crippen LogP) is 1.60. The fraction of sp³-hybridized carbons (Fsp3) is 0.750. The molecule has 0 radical (unpaired) electrons. The molecule has 3 rings (SSSR count). The maximum Gasteiger partial charge on any atom is 0.303 e. The first-order valence-corrected chi connectivity index (χ1v) is 10.4. The number of rotatable bonds is 7. The Kier molecular flexibility index (Phi) is 7.07. The van der Waals surface area contributed by atoms with Crippen LogP contribution in [0.25, 0.3) is 0 Å². The van der Waals surface area contributed by atoms with Gasteiger partial charge in [-0.05, 0) is 39.7 Å². The second-order valence-corrected chi connectivity index (χ2v) is 8.39. The Labute approximate surface area is 167 Å². The SMILES string of the molecule is CC(C)Nc1cc(N2CC[C@H](N3CCN(C)CC3)[C@H](CCC(=O)O)C2)ncn1. The summed E-state index contributed by atoms with van der Waals surface area (Å²) in [5.41, 5.74) is 0. The lowest BCUT2D eigenvalue weighted by molar-refractivity contribution is -0.137. The summed E-state index contributed by atoms with van der Waals surface area (Å²) in [5, 5.41) is 12.5. The Hall–Kier alpha value is -1.93. The lowest BCUT2D eigenvalue weighted by Gasteiger charge is -2.46. The van der Waals surface area contributed by atoms with Crippen LogP contribution in [0.3, 0.4) is 0 Å². The quantitative estimate of drug-likeness (QED) is 0.726. The van der Waals surface area contributed by atoms with E-state index in [-0.39, 0.29) is 6.42 Å². The number of aromatic nitrogens is 2. The van der Waals surface area contributed by atoms with Gasteiger partial charge in [-0.1, -0.05) is 0 Å². The average molecular weight is 391 g/mol. The van der Waals surface area contributed by atoms with Gasteiger partial charge < -0.3 is 20.2 Å². The van der Waals surface area contributed by atoms with Crippen molar-refractivity contribution >= 4 is 17.6 Å². The van der Waals surface area contributed by atoms with Gasteiger partial charge in [-0.15, -0.1) is 0 Å². The topological polar surface area (TPSA) is 84.8 Å². The molecule has 2 fully saturated rings. The van der Waals surface area contributed by atoms with E-state index in [1.165, 1.54) is 0 Å². The molecular weight excluding hydrogens is 356 g/mol. The Morgan fingerprint density at radius 3 is 2.68 bits per heavy atom. The second kappa shape index (κ2) is 9.52. The number of piperidine rings is 1. The highest BCUT2D eigenvalue weighted by Gasteiger charge is 2.35. The van der Waals surface area contributed by atoms with Gasteiger partial charge in [0.15, 0.2) is 0 Å². The molecule has 0 aromatic carbocycles. The summed E-state index contributed by atoms with van der Waals surface area (Å²) in [6, 6.07) is 2.78. The third-order valence-electron chi connectivity index (χ3n) is 5.84. The monoisotopic (exact) mass is 390 g/mol. The van der Waals surface area contributed by atoms with Gasteiger partial charge in [0.1, 0.15) is 18.0 Å². The normalized spacial score (nSPS) is 24.5. The number of piperazine rings is 1. The van der Waals surface area contributed by atoms with E-state index in [1.54, 1.807) is 6.33 Å². The van der Waals surface area contributed by atoms with Crippen molar-refractivity contribution in [2.75, 3.05) is 56.5 Å². The van der Waals surface area contributed by atoms with E-state index in [1.807, 2.05) is 6.07 Å². The minimum atomic E-state index is -0.709. The van der Waals surface area contributed by atoms with Crippen LogP contribution in [0.15, 0.2) is 12.4 Å². The highest BCUT2D eigenvalue weighted by molar-refractivity contribution is 5.66. The fourth-order valence-electron chi connectivity index (χ4n) is 4.35. The summed E-state index contributed by atoms with van der Waals surface area (Å²) in [5.74, 6) is 1.39. The number of hydrogen-bond donors (Lipinski definition) is 2. The third-order valence-corrected chi connectivity index (χ3v) is 5.84. The third kappa shape index (κ3) is 5.54. The molecule has 0 aliphatic carbocycles. The van der Waals surface area contributed by atoms with Crippen LogP contribution in [0.5, 0.6) is 0 Å². The average Bonchev–Trinajstić information content (AvgIpc) is 2.66. The Morgan fingerprint density at radius 1 is 1.25 bits per heavy atom. The highest BCUT2D eigenvalue weighted by atomic mass is 16.4. The van der Waals surface area contributed by atoms with Crippen LogP contribution < -0.4 is 10.2 Å². The predicted molar refractivity (Wildman–Crippen MR) is 111 cm³/mol. The van der Waals surface area contributed by atoms with E-state index in [0.717, 1.165) is 57.3 Å². The molecule has 0 bridgehead atoms. The first-order chi connectivity index (χ1) is 13.4. The molecule has 8 heteroatoms. The molecule has 8 nitrogen and oxygen atoms in total. The van der Waals surface area contributed by atoms with Gasteiger partial charge in [-0.2, -0.15) is 0 Å². The summed E-state index contributed by atoms with van der Waals surface area (Å²) in [7, 11) is 2.17. The molecule has 28 heavy (non-hydrogen) atoms. The van der Waals surface area contributed by atoms with Gasteiger partial charge in [0.05, 0.1) is 0 Å². The maximum atomic E-state index is 11.2. The fourth-order valence-corrected chi connectivity index (χ4v) is 4.35. The Morgan fingerprint density at radius 2 is 2.00 bits per heavy atom. The smallest absolute Gasteiger partial charge is 0.303 e. The van der Waals surface area contributed by atoms with Crippen LogP contribution in [0.1, 0.15) is 33.1 Å². The van der Waals surface area contributed by atoms with Gasteiger partial charge in [0.25, 0.3) is 0 Å². The van der Waals surface area contributed by atoms with Gasteiger partial charge >= 0.3 is 5.97 Å². The summed E-state index contributed by atoms with van der Waals surface area (Å²) in [6.45, 7) is 10.3. The molecule has 2 aliphatic heterocycles. The molecule has 2 N–H and O–H groups in total. The van der Waals surface area contributed by atoms with Crippen molar-refractivity contribution in [3.8, 4) is 0 Å². The van der Waals surface area contributed by atoms with Crippen molar-refractivity contribution in [2.24, 2.45) is 5.92 Å². The van der Waals surface area contributed by atoms with Crippen molar-refractivity contribution in [1.29, 1.82) is 0 Å². The lowest BCUT2D eigenvalue weighted by Crippen LogP contribution is -2.56. The van der Waals surface area contributed by atoms with E-state index in [2.05, 4.69) is 50.9 Å². The number of anilines is 2. The maximum absolute atomic E-state index is 11.2. The molecule has 0 spiro atoms. The number of carbonyl (C=O) groups is 1. The molecule has 0 saturated carbocycles. The highest BCUT2D eigenvalue weighted by Crippen LogP contribution is 2.30. The van der Waals surface area contributed by atoms with E-state index in [9.17, 15) is 9.90 Å². The van der Waals surface area contributed by atoms with E-state index in [4.69, 9.17) is 0 Å². The number of hydrogen-bond acceptors (Lipinski definition) is 7. The number of aliphatic carboxylic acids is 1. The van der Waals surface area contributed by atoms with Gasteiger partial charge in [0, 0.05) is 63.8 Å². The summed E-state index contributed by atoms with van der Waals surface area (Å²) < 4.78 is 0. The summed E-state index contributed by atoms with van der Waals surface area (Å²) in [4.78, 5) is 27.2. The van der Waals surface area contributed by atoms with Crippen molar-refractivity contribution in [3.05, 3.63) is 12.4 Å². The minimum absolute atomic E-state index is 0.229. The lowest BCUT2D eigenvalue weighted by atomic mass is 9.86. The number of nitrogens with zero attached hydrogens (tertiary/aromatic N) is 5. The van der Waals surface area contributed by atoms with Crippen LogP contribution in [0, 0.1) is 5.92 Å². The van der Waals surface area contributed by atoms with Crippen LogP contribution in [-0.2, 0) is 4.79 Å². The second-order valence-electron chi connectivity index (χ2n) is 8.39. The van der Waals surface area contributed by atoms with Crippen molar-refractivity contribution < 1.29 is 9.90 Å². The Bertz CT molecular complexity index is 647.